The van der Waals surface area contributed by atoms with Crippen molar-refractivity contribution in [3.63, 3.8) is 0 Å². The second-order valence-corrected chi connectivity index (χ2v) is 8.84. The maximum absolute atomic E-state index is 12.7. The molecule has 0 radical (unpaired) electrons. The average Bonchev–Trinajstić information content (AvgIpc) is 3.29. The van der Waals surface area contributed by atoms with Gasteiger partial charge < -0.3 is 9.32 Å². The molecule has 6 nitrogen and oxygen atoms in total. The van der Waals surface area contributed by atoms with Crippen LogP contribution in [0.2, 0.25) is 5.02 Å². The monoisotopic (exact) mass is 444 g/mol. The molecule has 4 rings (SSSR count). The maximum Gasteiger partial charge on any atom is 0.294 e. The Morgan fingerprint density at radius 3 is 2.70 bits per heavy atom. The lowest BCUT2D eigenvalue weighted by atomic mass is 10.0. The largest absolute Gasteiger partial charge is 0.457 e. The minimum Gasteiger partial charge on any atom is -0.457 e. The van der Waals surface area contributed by atoms with Crippen LogP contribution < -0.4 is 0 Å². The summed E-state index contributed by atoms with van der Waals surface area (Å²) in [6.45, 7) is 2.45. The SMILES string of the molecule is C[C@H]1CCCCN1C(=O)CN1C(=O)S/C(=C\c2ccc(-c3ccc(Cl)cc3)o2)C1=O. The third-order valence-electron chi connectivity index (χ3n) is 5.32. The summed E-state index contributed by atoms with van der Waals surface area (Å²) in [5.74, 6) is 0.439. The smallest absolute Gasteiger partial charge is 0.294 e. The van der Waals surface area contributed by atoms with Crippen molar-refractivity contribution in [1.82, 2.24) is 9.80 Å². The molecule has 30 heavy (non-hydrogen) atoms. The van der Waals surface area contributed by atoms with Crippen LogP contribution in [-0.2, 0) is 9.59 Å². The first kappa shape index (κ1) is 20.8. The number of amides is 3. The third-order valence-corrected chi connectivity index (χ3v) is 6.48. The number of carbonyl (C=O) groups is 3. The van der Waals surface area contributed by atoms with Crippen molar-refractivity contribution >= 4 is 46.5 Å². The Bertz CT molecular complexity index is 1010. The topological polar surface area (TPSA) is 70.8 Å². The van der Waals surface area contributed by atoms with E-state index in [1.165, 1.54) is 6.08 Å². The highest BCUT2D eigenvalue weighted by atomic mass is 35.5. The summed E-state index contributed by atoms with van der Waals surface area (Å²) in [6.07, 6.45) is 4.53. The van der Waals surface area contributed by atoms with Crippen molar-refractivity contribution in [2.75, 3.05) is 13.1 Å². The highest BCUT2D eigenvalue weighted by Gasteiger charge is 2.38. The molecule has 1 aromatic heterocycles. The number of carbonyl (C=O) groups excluding carboxylic acids is 3. The minimum atomic E-state index is -0.465. The molecule has 2 aliphatic heterocycles. The Labute approximate surface area is 183 Å². The van der Waals surface area contributed by atoms with Crippen molar-refractivity contribution in [3.8, 4) is 11.3 Å². The van der Waals surface area contributed by atoms with Crippen molar-refractivity contribution in [3.05, 3.63) is 52.1 Å². The standard InChI is InChI=1S/C22H21ClN2O4S/c1-14-4-2-3-11-24(14)20(26)13-25-21(27)19(30-22(25)28)12-17-9-10-18(29-17)15-5-7-16(23)8-6-15/h5-10,12,14H,2-4,11,13H2,1H3/b19-12-/t14-/m0/s1. The van der Waals surface area contributed by atoms with Crippen LogP contribution >= 0.6 is 23.4 Å². The van der Waals surface area contributed by atoms with Gasteiger partial charge in [-0.2, -0.15) is 0 Å². The molecule has 1 aromatic carbocycles. The van der Waals surface area contributed by atoms with Crippen LogP contribution in [0.1, 0.15) is 31.9 Å². The lowest BCUT2D eigenvalue weighted by Crippen LogP contribution is -2.47. The number of imide groups is 1. The number of likely N-dealkylation sites (tertiary alicyclic amines) is 1. The van der Waals surface area contributed by atoms with Gasteiger partial charge in [-0.3, -0.25) is 19.3 Å². The normalized spacial score (nSPS) is 21.0. The molecule has 3 amide bonds. The zero-order valence-electron chi connectivity index (χ0n) is 16.5. The fourth-order valence-corrected chi connectivity index (χ4v) is 4.60. The Kier molecular flexibility index (Phi) is 6.01. The Hall–Kier alpha value is -2.51. The van der Waals surface area contributed by atoms with E-state index < -0.39 is 11.1 Å². The molecule has 0 aliphatic carbocycles. The zero-order chi connectivity index (χ0) is 21.3. The Balaban J connectivity index is 1.46. The quantitative estimate of drug-likeness (QED) is 0.618. The molecule has 2 aromatic rings. The number of nitrogens with zero attached hydrogens (tertiary/aromatic N) is 2. The van der Waals surface area contributed by atoms with E-state index in [4.69, 9.17) is 16.0 Å². The lowest BCUT2D eigenvalue weighted by Gasteiger charge is -2.34. The van der Waals surface area contributed by atoms with Gasteiger partial charge in [-0.05, 0) is 74.3 Å². The Morgan fingerprint density at radius 1 is 1.20 bits per heavy atom. The molecule has 1 atom stereocenters. The second-order valence-electron chi connectivity index (χ2n) is 7.41. The van der Waals surface area contributed by atoms with Gasteiger partial charge in [0.25, 0.3) is 11.1 Å². The van der Waals surface area contributed by atoms with Crippen molar-refractivity contribution in [2.45, 2.75) is 32.2 Å². The zero-order valence-corrected chi connectivity index (χ0v) is 18.0. The molecule has 0 unspecified atom stereocenters. The molecule has 0 saturated carbocycles. The van der Waals surface area contributed by atoms with Gasteiger partial charge in [0.2, 0.25) is 5.91 Å². The molecule has 3 heterocycles. The Morgan fingerprint density at radius 2 is 1.97 bits per heavy atom. The summed E-state index contributed by atoms with van der Waals surface area (Å²) >= 11 is 6.73. The van der Waals surface area contributed by atoms with Crippen LogP contribution in [0, 0.1) is 0 Å². The molecule has 0 bridgehead atoms. The maximum atomic E-state index is 12.7. The van der Waals surface area contributed by atoms with E-state index in [0.717, 1.165) is 41.5 Å². The first-order valence-corrected chi connectivity index (χ1v) is 11.0. The summed E-state index contributed by atoms with van der Waals surface area (Å²) in [6, 6.07) is 10.9. The highest BCUT2D eigenvalue weighted by Crippen LogP contribution is 2.33. The number of furan rings is 1. The summed E-state index contributed by atoms with van der Waals surface area (Å²) < 4.78 is 5.79. The van der Waals surface area contributed by atoms with E-state index in [-0.39, 0.29) is 23.4 Å². The van der Waals surface area contributed by atoms with Gasteiger partial charge in [0.1, 0.15) is 18.1 Å². The van der Waals surface area contributed by atoms with Gasteiger partial charge in [0, 0.05) is 29.2 Å². The van der Waals surface area contributed by atoms with Crippen LogP contribution in [0.5, 0.6) is 0 Å². The van der Waals surface area contributed by atoms with Gasteiger partial charge in [-0.25, -0.2) is 0 Å². The van der Waals surface area contributed by atoms with Crippen molar-refractivity contribution in [1.29, 1.82) is 0 Å². The van der Waals surface area contributed by atoms with Crippen molar-refractivity contribution in [2.24, 2.45) is 0 Å². The van der Waals surface area contributed by atoms with Crippen LogP contribution in [0.25, 0.3) is 17.4 Å². The summed E-state index contributed by atoms with van der Waals surface area (Å²) in [7, 11) is 0. The first-order chi connectivity index (χ1) is 14.4. The molecule has 2 saturated heterocycles. The predicted molar refractivity (Wildman–Crippen MR) is 117 cm³/mol. The molecule has 2 aliphatic rings. The second kappa shape index (κ2) is 8.70. The predicted octanol–water partition coefficient (Wildman–Crippen LogP) is 5.04. The first-order valence-electron chi connectivity index (χ1n) is 9.83. The molecule has 8 heteroatoms. The van der Waals surface area contributed by atoms with Gasteiger partial charge in [-0.1, -0.05) is 11.6 Å². The van der Waals surface area contributed by atoms with Gasteiger partial charge in [-0.15, -0.1) is 0 Å². The third kappa shape index (κ3) is 4.32. The fourth-order valence-electron chi connectivity index (χ4n) is 3.66. The number of thioether (sulfide) groups is 1. The fraction of sp³-hybridized carbons (Fsp3) is 0.318. The van der Waals surface area contributed by atoms with E-state index in [0.29, 0.717) is 23.1 Å². The molecule has 2 fully saturated rings. The van der Waals surface area contributed by atoms with E-state index in [1.54, 1.807) is 29.2 Å². The van der Waals surface area contributed by atoms with E-state index >= 15 is 0 Å². The number of piperidine rings is 1. The van der Waals surface area contributed by atoms with Crippen molar-refractivity contribution < 1.29 is 18.8 Å². The van der Waals surface area contributed by atoms with Crippen LogP contribution in [-0.4, -0.2) is 46.0 Å². The van der Waals surface area contributed by atoms with E-state index in [2.05, 4.69) is 0 Å². The molecule has 156 valence electrons. The van der Waals surface area contributed by atoms with Gasteiger partial charge in [0.15, 0.2) is 0 Å². The summed E-state index contributed by atoms with van der Waals surface area (Å²) in [5, 5.41) is 0.196. The van der Waals surface area contributed by atoms with Gasteiger partial charge >= 0.3 is 0 Å². The summed E-state index contributed by atoms with van der Waals surface area (Å²) in [5.41, 5.74) is 0.855. The minimum absolute atomic E-state index is 0.135. The highest BCUT2D eigenvalue weighted by molar-refractivity contribution is 8.18. The number of hydrogen-bond donors (Lipinski definition) is 0. The van der Waals surface area contributed by atoms with Crippen LogP contribution in [0.4, 0.5) is 4.79 Å². The molecule has 0 N–H and O–H groups in total. The average molecular weight is 445 g/mol. The summed E-state index contributed by atoms with van der Waals surface area (Å²) in [4.78, 5) is 40.7. The van der Waals surface area contributed by atoms with E-state index in [9.17, 15) is 14.4 Å². The molecular weight excluding hydrogens is 424 g/mol. The molecule has 0 spiro atoms. The van der Waals surface area contributed by atoms with Crippen LogP contribution in [0.15, 0.2) is 45.7 Å². The number of halogens is 1. The number of rotatable bonds is 4. The number of hydrogen-bond acceptors (Lipinski definition) is 5. The van der Waals surface area contributed by atoms with E-state index in [1.807, 2.05) is 19.1 Å². The number of benzene rings is 1. The van der Waals surface area contributed by atoms with Crippen LogP contribution in [0.3, 0.4) is 0 Å². The molecular formula is C22H21ClN2O4S. The lowest BCUT2D eigenvalue weighted by molar-refractivity contribution is -0.138. The van der Waals surface area contributed by atoms with Gasteiger partial charge in [0.05, 0.1) is 4.91 Å².